The Bertz CT molecular complexity index is 1110. The molecule has 212 valence electrons. The first-order valence-electron chi connectivity index (χ1n) is 12.8. The lowest BCUT2D eigenvalue weighted by atomic mass is 9.96. The summed E-state index contributed by atoms with van der Waals surface area (Å²) < 4.78 is 0. The SMILES string of the molecule is CCC(C)C(NC(=O)C(N)C(C)O)C(=O)NC(Cc1ccc(O)cc1)C(=O)NC(Cc1ccccc1)C(=O)O. The lowest BCUT2D eigenvalue weighted by Gasteiger charge is -2.28. The molecule has 0 radical (unpaired) electrons. The molecule has 11 nitrogen and oxygen atoms in total. The number of aliphatic carboxylic acids is 1. The second-order valence-corrected chi connectivity index (χ2v) is 9.66. The minimum Gasteiger partial charge on any atom is -0.508 e. The van der Waals surface area contributed by atoms with Crippen LogP contribution >= 0.6 is 0 Å². The number of carbonyl (C=O) groups excluding carboxylic acids is 3. The van der Waals surface area contributed by atoms with Gasteiger partial charge in [0.25, 0.3) is 0 Å². The van der Waals surface area contributed by atoms with Gasteiger partial charge in [-0.2, -0.15) is 0 Å². The van der Waals surface area contributed by atoms with Gasteiger partial charge in [0.05, 0.1) is 6.10 Å². The average molecular weight is 543 g/mol. The van der Waals surface area contributed by atoms with Crippen molar-refractivity contribution in [2.24, 2.45) is 11.7 Å². The number of carboxylic acids is 1. The van der Waals surface area contributed by atoms with E-state index in [4.69, 9.17) is 5.73 Å². The molecular formula is C28H38N4O7. The Kier molecular flexibility index (Phi) is 11.9. The fourth-order valence-electron chi connectivity index (χ4n) is 3.83. The number of phenols is 1. The lowest BCUT2D eigenvalue weighted by Crippen LogP contribution is -2.60. The molecule has 6 unspecified atom stereocenters. The van der Waals surface area contributed by atoms with Crippen LogP contribution in [0.4, 0.5) is 0 Å². The van der Waals surface area contributed by atoms with E-state index in [0.717, 1.165) is 0 Å². The van der Waals surface area contributed by atoms with Crippen LogP contribution in [0.15, 0.2) is 54.6 Å². The summed E-state index contributed by atoms with van der Waals surface area (Å²) >= 11 is 0. The normalized spacial score (nSPS) is 15.6. The molecule has 11 heteroatoms. The third-order valence-corrected chi connectivity index (χ3v) is 6.52. The van der Waals surface area contributed by atoms with E-state index in [1.165, 1.54) is 19.1 Å². The summed E-state index contributed by atoms with van der Waals surface area (Å²) in [6.45, 7) is 4.93. The van der Waals surface area contributed by atoms with Crippen LogP contribution in [-0.4, -0.2) is 69.3 Å². The van der Waals surface area contributed by atoms with Gasteiger partial charge in [-0.05, 0) is 36.1 Å². The zero-order chi connectivity index (χ0) is 29.1. The van der Waals surface area contributed by atoms with E-state index in [1.807, 2.05) is 6.92 Å². The topological polar surface area (TPSA) is 191 Å². The Morgan fingerprint density at radius 2 is 1.33 bits per heavy atom. The fourth-order valence-corrected chi connectivity index (χ4v) is 3.83. The van der Waals surface area contributed by atoms with Crippen molar-refractivity contribution in [3.8, 4) is 5.75 Å². The predicted molar refractivity (Wildman–Crippen MR) is 144 cm³/mol. The number of hydrogen-bond acceptors (Lipinski definition) is 7. The van der Waals surface area contributed by atoms with Gasteiger partial charge in [-0.25, -0.2) is 4.79 Å². The highest BCUT2D eigenvalue weighted by Gasteiger charge is 2.33. The van der Waals surface area contributed by atoms with Gasteiger partial charge in [0.15, 0.2) is 0 Å². The summed E-state index contributed by atoms with van der Waals surface area (Å²) in [5.74, 6) is -3.68. The number of carbonyl (C=O) groups is 4. The van der Waals surface area contributed by atoms with Crippen molar-refractivity contribution >= 4 is 23.7 Å². The number of benzene rings is 2. The van der Waals surface area contributed by atoms with Gasteiger partial charge in [0, 0.05) is 12.8 Å². The number of hydrogen-bond donors (Lipinski definition) is 7. The number of aromatic hydroxyl groups is 1. The van der Waals surface area contributed by atoms with E-state index in [9.17, 15) is 34.5 Å². The van der Waals surface area contributed by atoms with Gasteiger partial charge in [-0.15, -0.1) is 0 Å². The van der Waals surface area contributed by atoms with Crippen molar-refractivity contribution in [2.75, 3.05) is 0 Å². The number of rotatable bonds is 14. The number of aliphatic hydroxyl groups excluding tert-OH is 1. The van der Waals surface area contributed by atoms with E-state index < -0.39 is 54.0 Å². The van der Waals surface area contributed by atoms with Crippen molar-refractivity contribution in [1.82, 2.24) is 16.0 Å². The summed E-state index contributed by atoms with van der Waals surface area (Å²) in [5.41, 5.74) is 7.03. The van der Waals surface area contributed by atoms with Gasteiger partial charge in [-0.1, -0.05) is 62.7 Å². The lowest BCUT2D eigenvalue weighted by molar-refractivity contribution is -0.142. The maximum Gasteiger partial charge on any atom is 0.326 e. The first-order valence-corrected chi connectivity index (χ1v) is 12.8. The molecule has 0 aromatic heterocycles. The molecule has 0 aliphatic heterocycles. The minimum atomic E-state index is -1.26. The zero-order valence-electron chi connectivity index (χ0n) is 22.3. The summed E-state index contributed by atoms with van der Waals surface area (Å²) in [7, 11) is 0. The van der Waals surface area contributed by atoms with Crippen LogP contribution in [0.25, 0.3) is 0 Å². The Morgan fingerprint density at radius 1 is 0.795 bits per heavy atom. The summed E-state index contributed by atoms with van der Waals surface area (Å²) in [6, 6.07) is 10.0. The first-order chi connectivity index (χ1) is 18.4. The Balaban J connectivity index is 2.29. The standard InChI is InChI=1S/C28H38N4O7/c1-4-16(2)24(32-26(36)23(29)17(3)33)27(37)30-21(14-19-10-12-20(34)13-11-19)25(35)31-22(28(38)39)15-18-8-6-5-7-9-18/h5-13,16-17,21-24,33-34H,4,14-15,29H2,1-3H3,(H,30,37)(H,31,35)(H,32,36)(H,38,39). The van der Waals surface area contributed by atoms with Crippen LogP contribution in [-0.2, 0) is 32.0 Å². The molecule has 0 aliphatic rings. The van der Waals surface area contributed by atoms with Crippen LogP contribution < -0.4 is 21.7 Å². The minimum absolute atomic E-state index is 0.0100. The molecule has 0 saturated carbocycles. The molecule has 0 spiro atoms. The fraction of sp³-hybridized carbons (Fsp3) is 0.429. The zero-order valence-corrected chi connectivity index (χ0v) is 22.3. The monoisotopic (exact) mass is 542 g/mol. The summed E-state index contributed by atoms with van der Waals surface area (Å²) in [6.07, 6.45) is -0.611. The van der Waals surface area contributed by atoms with Crippen molar-refractivity contribution in [3.05, 3.63) is 65.7 Å². The van der Waals surface area contributed by atoms with Crippen LogP contribution in [0.3, 0.4) is 0 Å². The van der Waals surface area contributed by atoms with Crippen LogP contribution in [0.5, 0.6) is 5.75 Å². The van der Waals surface area contributed by atoms with Gasteiger partial charge in [0.1, 0.15) is 29.9 Å². The van der Waals surface area contributed by atoms with Crippen LogP contribution in [0, 0.1) is 5.92 Å². The largest absolute Gasteiger partial charge is 0.508 e. The highest BCUT2D eigenvalue weighted by molar-refractivity contribution is 5.94. The number of phenolic OH excluding ortho intramolecular Hbond substituents is 1. The molecule has 3 amide bonds. The molecule has 0 fully saturated rings. The van der Waals surface area contributed by atoms with E-state index in [2.05, 4.69) is 16.0 Å². The quantitative estimate of drug-likeness (QED) is 0.179. The molecule has 39 heavy (non-hydrogen) atoms. The van der Waals surface area contributed by atoms with E-state index >= 15 is 0 Å². The van der Waals surface area contributed by atoms with Gasteiger partial charge >= 0.3 is 5.97 Å². The molecule has 2 aromatic carbocycles. The Morgan fingerprint density at radius 3 is 1.87 bits per heavy atom. The van der Waals surface area contributed by atoms with Crippen molar-refractivity contribution < 1.29 is 34.5 Å². The van der Waals surface area contributed by atoms with E-state index in [0.29, 0.717) is 17.5 Å². The molecular weight excluding hydrogens is 504 g/mol. The average Bonchev–Trinajstić information content (AvgIpc) is 2.91. The number of carboxylic acid groups (broad SMARTS) is 1. The molecule has 0 saturated heterocycles. The second-order valence-electron chi connectivity index (χ2n) is 9.66. The van der Waals surface area contributed by atoms with Crippen molar-refractivity contribution in [1.29, 1.82) is 0 Å². The predicted octanol–water partition coefficient (Wildman–Crippen LogP) is 0.471. The molecule has 6 atom stereocenters. The maximum atomic E-state index is 13.4. The van der Waals surface area contributed by atoms with E-state index in [1.54, 1.807) is 49.4 Å². The number of aliphatic hydroxyl groups is 1. The van der Waals surface area contributed by atoms with E-state index in [-0.39, 0.29) is 24.5 Å². The van der Waals surface area contributed by atoms with Crippen molar-refractivity contribution in [2.45, 2.75) is 70.3 Å². The molecule has 0 heterocycles. The van der Waals surface area contributed by atoms with Crippen LogP contribution in [0.1, 0.15) is 38.3 Å². The van der Waals surface area contributed by atoms with Gasteiger partial charge < -0.3 is 37.0 Å². The smallest absolute Gasteiger partial charge is 0.326 e. The van der Waals surface area contributed by atoms with Crippen LogP contribution in [0.2, 0.25) is 0 Å². The van der Waals surface area contributed by atoms with Crippen molar-refractivity contribution in [3.63, 3.8) is 0 Å². The first kappa shape index (κ1) is 31.3. The molecule has 0 aliphatic carbocycles. The van der Waals surface area contributed by atoms with Gasteiger partial charge in [-0.3, -0.25) is 14.4 Å². The Labute approximate surface area is 227 Å². The third kappa shape index (κ3) is 9.69. The number of nitrogens with two attached hydrogens (primary N) is 1. The summed E-state index contributed by atoms with van der Waals surface area (Å²) in [4.78, 5) is 51.2. The Hall–Kier alpha value is -3.96. The number of nitrogens with one attached hydrogen (secondary N) is 3. The highest BCUT2D eigenvalue weighted by atomic mass is 16.4. The molecule has 8 N–H and O–H groups in total. The molecule has 2 rings (SSSR count). The summed E-state index contributed by atoms with van der Waals surface area (Å²) in [5, 5.41) is 36.8. The second kappa shape index (κ2) is 14.8. The maximum absolute atomic E-state index is 13.4. The van der Waals surface area contributed by atoms with Gasteiger partial charge in [0.2, 0.25) is 17.7 Å². The molecule has 2 aromatic rings. The number of amides is 3. The third-order valence-electron chi connectivity index (χ3n) is 6.52. The highest BCUT2D eigenvalue weighted by Crippen LogP contribution is 2.14. The molecule has 0 bridgehead atoms.